The monoisotopic (exact) mass is 259 g/mol. The average Bonchev–Trinajstić information content (AvgIpc) is 3.07. The van der Waals surface area contributed by atoms with E-state index in [2.05, 4.69) is 28.0 Å². The molecule has 2 aliphatic rings. The molecule has 0 aromatic heterocycles. The molecule has 3 heteroatoms. The van der Waals surface area contributed by atoms with Gasteiger partial charge in [0.25, 0.3) is 0 Å². The van der Waals surface area contributed by atoms with Gasteiger partial charge in [0.05, 0.1) is 0 Å². The molecule has 2 aliphatic heterocycles. The number of nitrogens with zero attached hydrogens (tertiary/aromatic N) is 2. The molecule has 2 N–H and O–H groups in total. The molecule has 1 aromatic carbocycles. The Morgan fingerprint density at radius 2 is 2.00 bits per heavy atom. The molecule has 1 unspecified atom stereocenters. The molecule has 2 fully saturated rings. The van der Waals surface area contributed by atoms with Gasteiger partial charge in [0.1, 0.15) is 0 Å². The van der Waals surface area contributed by atoms with Crippen LogP contribution in [0.2, 0.25) is 0 Å². The van der Waals surface area contributed by atoms with Gasteiger partial charge in [0.2, 0.25) is 0 Å². The first-order valence-electron chi connectivity index (χ1n) is 7.62. The molecular formula is C16H25N3. The van der Waals surface area contributed by atoms with Crippen molar-refractivity contribution in [2.45, 2.75) is 31.7 Å². The van der Waals surface area contributed by atoms with Crippen molar-refractivity contribution in [1.29, 1.82) is 0 Å². The average molecular weight is 259 g/mol. The molecule has 1 atom stereocenters. The third-order valence-corrected chi connectivity index (χ3v) is 4.57. The highest BCUT2D eigenvalue weighted by Gasteiger charge is 2.28. The van der Waals surface area contributed by atoms with Crippen molar-refractivity contribution in [2.24, 2.45) is 0 Å². The summed E-state index contributed by atoms with van der Waals surface area (Å²) in [4.78, 5) is 5.31. The first-order chi connectivity index (χ1) is 9.31. The van der Waals surface area contributed by atoms with E-state index >= 15 is 0 Å². The van der Waals surface area contributed by atoms with Gasteiger partial charge in [-0.15, -0.1) is 0 Å². The summed E-state index contributed by atoms with van der Waals surface area (Å²) in [7, 11) is 0. The van der Waals surface area contributed by atoms with E-state index < -0.39 is 0 Å². The third kappa shape index (κ3) is 3.28. The van der Waals surface area contributed by atoms with E-state index in [1.165, 1.54) is 57.5 Å². The Hall–Kier alpha value is -1.06. The van der Waals surface area contributed by atoms with Crippen LogP contribution in [-0.4, -0.2) is 48.6 Å². The number of nitrogen functional groups attached to an aromatic ring is 1. The molecule has 0 amide bonds. The van der Waals surface area contributed by atoms with Gasteiger partial charge in [0.15, 0.2) is 0 Å². The minimum Gasteiger partial charge on any atom is -0.399 e. The lowest BCUT2D eigenvalue weighted by Gasteiger charge is -2.23. The second kappa shape index (κ2) is 5.93. The number of anilines is 1. The lowest BCUT2D eigenvalue weighted by molar-refractivity contribution is 0.233. The summed E-state index contributed by atoms with van der Waals surface area (Å²) in [6, 6.07) is 9.13. The summed E-state index contributed by atoms with van der Waals surface area (Å²) in [6.07, 6.45) is 5.29. The van der Waals surface area contributed by atoms with Crippen LogP contribution < -0.4 is 5.73 Å². The maximum atomic E-state index is 5.83. The van der Waals surface area contributed by atoms with Crippen molar-refractivity contribution in [2.75, 3.05) is 38.5 Å². The summed E-state index contributed by atoms with van der Waals surface area (Å²) >= 11 is 0. The summed E-state index contributed by atoms with van der Waals surface area (Å²) in [5.41, 5.74) is 8.08. The van der Waals surface area contributed by atoms with E-state index in [0.29, 0.717) is 0 Å². The highest BCUT2D eigenvalue weighted by atomic mass is 15.3. The van der Waals surface area contributed by atoms with Gasteiger partial charge in [-0.2, -0.15) is 0 Å². The van der Waals surface area contributed by atoms with Crippen LogP contribution in [0.5, 0.6) is 0 Å². The molecular weight excluding hydrogens is 234 g/mol. The molecule has 0 spiro atoms. The Labute approximate surface area is 116 Å². The Morgan fingerprint density at radius 3 is 2.79 bits per heavy atom. The van der Waals surface area contributed by atoms with Gasteiger partial charge >= 0.3 is 0 Å². The molecule has 1 aromatic rings. The van der Waals surface area contributed by atoms with Gasteiger partial charge < -0.3 is 10.6 Å². The summed E-state index contributed by atoms with van der Waals surface area (Å²) in [5.74, 6) is 0. The predicted molar refractivity (Wildman–Crippen MR) is 80.2 cm³/mol. The van der Waals surface area contributed by atoms with Gasteiger partial charge in [-0.1, -0.05) is 12.1 Å². The van der Waals surface area contributed by atoms with Crippen LogP contribution in [0.25, 0.3) is 0 Å². The van der Waals surface area contributed by atoms with Crippen molar-refractivity contribution in [3.8, 4) is 0 Å². The zero-order valence-electron chi connectivity index (χ0n) is 11.7. The van der Waals surface area contributed by atoms with Crippen LogP contribution in [0.15, 0.2) is 24.3 Å². The quantitative estimate of drug-likeness (QED) is 0.839. The summed E-state index contributed by atoms with van der Waals surface area (Å²) < 4.78 is 0. The van der Waals surface area contributed by atoms with Crippen molar-refractivity contribution in [1.82, 2.24) is 9.80 Å². The lowest BCUT2D eigenvalue weighted by atomic mass is 10.1. The zero-order chi connectivity index (χ0) is 13.1. The molecule has 0 radical (unpaired) electrons. The minimum absolute atomic E-state index is 0.823. The molecule has 19 heavy (non-hydrogen) atoms. The highest BCUT2D eigenvalue weighted by Crippen LogP contribution is 2.20. The Bertz CT molecular complexity index is 412. The second-order valence-corrected chi connectivity index (χ2v) is 5.98. The van der Waals surface area contributed by atoms with Crippen LogP contribution >= 0.6 is 0 Å². The maximum Gasteiger partial charge on any atom is 0.0316 e. The summed E-state index contributed by atoms with van der Waals surface area (Å²) in [5, 5.41) is 0. The van der Waals surface area contributed by atoms with Gasteiger partial charge in [-0.25, -0.2) is 0 Å². The molecule has 3 nitrogen and oxygen atoms in total. The molecule has 3 rings (SSSR count). The SMILES string of the molecule is Nc1cccc(CCN2CCC(N3CCCC3)C2)c1. The number of hydrogen-bond acceptors (Lipinski definition) is 3. The zero-order valence-corrected chi connectivity index (χ0v) is 11.7. The normalized spacial score (nSPS) is 25.2. The van der Waals surface area contributed by atoms with E-state index in [1.807, 2.05) is 6.07 Å². The van der Waals surface area contributed by atoms with Crippen molar-refractivity contribution < 1.29 is 0 Å². The first kappa shape index (κ1) is 12.9. The Morgan fingerprint density at radius 1 is 1.16 bits per heavy atom. The highest BCUT2D eigenvalue weighted by molar-refractivity contribution is 5.40. The van der Waals surface area contributed by atoms with Crippen LogP contribution in [0.3, 0.4) is 0 Å². The molecule has 104 valence electrons. The second-order valence-electron chi connectivity index (χ2n) is 5.98. The summed E-state index contributed by atoms with van der Waals surface area (Å²) in [6.45, 7) is 6.36. The predicted octanol–water partition coefficient (Wildman–Crippen LogP) is 1.98. The van der Waals surface area contributed by atoms with Crippen molar-refractivity contribution in [3.05, 3.63) is 29.8 Å². The standard InChI is InChI=1S/C16H25N3/c17-15-5-3-4-14(12-15)6-10-18-11-7-16(13-18)19-8-1-2-9-19/h3-5,12,16H,1-2,6-11,13,17H2. The molecule has 0 bridgehead atoms. The maximum absolute atomic E-state index is 5.83. The van der Waals surface area contributed by atoms with E-state index in [4.69, 9.17) is 5.73 Å². The van der Waals surface area contributed by atoms with Gasteiger partial charge in [-0.3, -0.25) is 4.90 Å². The van der Waals surface area contributed by atoms with Crippen molar-refractivity contribution in [3.63, 3.8) is 0 Å². The molecule has 0 saturated carbocycles. The number of nitrogens with two attached hydrogens (primary N) is 1. The van der Waals surface area contributed by atoms with E-state index in [9.17, 15) is 0 Å². The van der Waals surface area contributed by atoms with Gasteiger partial charge in [0, 0.05) is 24.8 Å². The lowest BCUT2D eigenvalue weighted by Crippen LogP contribution is -2.35. The topological polar surface area (TPSA) is 32.5 Å². The largest absolute Gasteiger partial charge is 0.399 e. The molecule has 2 saturated heterocycles. The number of rotatable bonds is 4. The van der Waals surface area contributed by atoms with Crippen LogP contribution in [0.1, 0.15) is 24.8 Å². The number of hydrogen-bond donors (Lipinski definition) is 1. The van der Waals surface area contributed by atoms with Crippen molar-refractivity contribution >= 4 is 5.69 Å². The Kier molecular flexibility index (Phi) is 4.04. The molecule has 2 heterocycles. The van der Waals surface area contributed by atoms with Crippen LogP contribution in [-0.2, 0) is 6.42 Å². The van der Waals surface area contributed by atoms with E-state index in [1.54, 1.807) is 0 Å². The van der Waals surface area contributed by atoms with Crippen LogP contribution in [0.4, 0.5) is 5.69 Å². The fourth-order valence-corrected chi connectivity index (χ4v) is 3.46. The minimum atomic E-state index is 0.823. The first-order valence-corrected chi connectivity index (χ1v) is 7.62. The fourth-order valence-electron chi connectivity index (χ4n) is 3.46. The van der Waals surface area contributed by atoms with E-state index in [0.717, 1.165) is 18.2 Å². The van der Waals surface area contributed by atoms with Gasteiger partial charge in [-0.05, 0) is 63.0 Å². The fraction of sp³-hybridized carbons (Fsp3) is 0.625. The Balaban J connectivity index is 1.46. The van der Waals surface area contributed by atoms with Crippen LogP contribution in [0, 0.1) is 0 Å². The van der Waals surface area contributed by atoms with E-state index in [-0.39, 0.29) is 0 Å². The molecule has 0 aliphatic carbocycles. The smallest absolute Gasteiger partial charge is 0.0316 e. The third-order valence-electron chi connectivity index (χ3n) is 4.57. The number of benzene rings is 1. The number of likely N-dealkylation sites (tertiary alicyclic amines) is 2.